The van der Waals surface area contributed by atoms with Crippen LogP contribution in [-0.4, -0.2) is 48.5 Å². The highest BCUT2D eigenvalue weighted by atomic mass is 32.2. The van der Waals surface area contributed by atoms with Crippen molar-refractivity contribution in [2.24, 2.45) is 0 Å². The highest BCUT2D eigenvalue weighted by Gasteiger charge is 2.41. The summed E-state index contributed by atoms with van der Waals surface area (Å²) in [4.78, 5) is 29.7. The Bertz CT molecular complexity index is 1380. The molecule has 2 aromatic carbocycles. The van der Waals surface area contributed by atoms with Gasteiger partial charge >= 0.3 is 0 Å². The molecule has 1 heterocycles. The van der Waals surface area contributed by atoms with Crippen molar-refractivity contribution in [3.8, 4) is 11.1 Å². The van der Waals surface area contributed by atoms with Crippen molar-refractivity contribution < 1.29 is 22.3 Å². The van der Waals surface area contributed by atoms with E-state index >= 15 is 0 Å². The van der Waals surface area contributed by atoms with Gasteiger partial charge in [-0.3, -0.25) is 14.2 Å². The van der Waals surface area contributed by atoms with Gasteiger partial charge in [0.1, 0.15) is 10.6 Å². The Morgan fingerprint density at radius 3 is 2.56 bits per heavy atom. The number of sulfone groups is 1. The lowest BCUT2D eigenvalue weighted by atomic mass is 9.99. The second-order valence-electron chi connectivity index (χ2n) is 8.56. The number of aromatic nitrogens is 2. The fraction of sp³-hybridized carbons (Fsp3) is 0.400. The molecule has 3 rings (SSSR count). The number of halogens is 1. The zero-order valence-electron chi connectivity index (χ0n) is 19.8. The van der Waals surface area contributed by atoms with Gasteiger partial charge in [-0.15, -0.1) is 0 Å². The van der Waals surface area contributed by atoms with Crippen LogP contribution in [-0.2, 0) is 32.3 Å². The molecule has 0 aliphatic carbocycles. The molecule has 3 aromatic rings. The van der Waals surface area contributed by atoms with Gasteiger partial charge in [0.25, 0.3) is 5.56 Å². The van der Waals surface area contributed by atoms with Crippen LogP contribution < -0.4 is 5.56 Å². The maximum atomic E-state index is 14.7. The van der Waals surface area contributed by atoms with Crippen molar-refractivity contribution in [2.75, 3.05) is 20.0 Å². The summed E-state index contributed by atoms with van der Waals surface area (Å²) in [6.07, 6.45) is 3.02. The average molecular weight is 489 g/mol. The maximum Gasteiger partial charge on any atom is 0.261 e. The lowest BCUT2D eigenvalue weighted by Crippen LogP contribution is -2.44. The Kier molecular flexibility index (Phi) is 7.67. The summed E-state index contributed by atoms with van der Waals surface area (Å²) in [6.45, 7) is 3.54. The van der Waals surface area contributed by atoms with Gasteiger partial charge in [0.05, 0.1) is 23.8 Å². The summed E-state index contributed by atoms with van der Waals surface area (Å²) in [5, 5.41) is 0.325. The zero-order chi connectivity index (χ0) is 25.1. The van der Waals surface area contributed by atoms with E-state index in [2.05, 4.69) is 4.98 Å². The number of methoxy groups -OCH3 is 1. The van der Waals surface area contributed by atoms with Gasteiger partial charge in [0.2, 0.25) is 0 Å². The number of ketones is 1. The van der Waals surface area contributed by atoms with E-state index in [1.807, 2.05) is 6.07 Å². The molecule has 9 heteroatoms. The second kappa shape index (κ2) is 10.1. The standard InChI is InChI=1S/C25H29FN2O5S/c1-5-23(29)25(2,34(4,31)32)11-12-28-16-27-22-15-18(7-9-20(22)24(28)30)19-8-6-17(10-13-33-3)14-21(19)26/h6-9,14-16H,5,10-13H2,1-4H3/t25-/m1/s1. The van der Waals surface area contributed by atoms with E-state index in [4.69, 9.17) is 4.74 Å². The van der Waals surface area contributed by atoms with Crippen molar-refractivity contribution in [1.82, 2.24) is 9.55 Å². The summed E-state index contributed by atoms with van der Waals surface area (Å²) < 4.78 is 44.0. The molecule has 182 valence electrons. The van der Waals surface area contributed by atoms with E-state index in [1.165, 1.54) is 23.9 Å². The minimum atomic E-state index is -3.68. The number of nitrogens with zero attached hydrogens (tertiary/aromatic N) is 2. The average Bonchev–Trinajstić information content (AvgIpc) is 2.80. The van der Waals surface area contributed by atoms with Gasteiger partial charge in [0, 0.05) is 31.9 Å². The van der Waals surface area contributed by atoms with Gasteiger partial charge in [-0.25, -0.2) is 17.8 Å². The van der Waals surface area contributed by atoms with Crippen molar-refractivity contribution in [3.63, 3.8) is 0 Å². The lowest BCUT2D eigenvalue weighted by molar-refractivity contribution is -0.121. The quantitative estimate of drug-likeness (QED) is 0.433. The molecule has 1 atom stereocenters. The fourth-order valence-electron chi connectivity index (χ4n) is 3.89. The van der Waals surface area contributed by atoms with Gasteiger partial charge in [0.15, 0.2) is 15.6 Å². The summed E-state index contributed by atoms with van der Waals surface area (Å²) in [7, 11) is -2.08. The SMILES string of the molecule is CCC(=O)[C@@](C)(CCn1cnc2cc(-c3ccc(CCOC)cc3F)ccc2c1=O)S(C)(=O)=O. The molecular weight excluding hydrogens is 459 g/mol. The van der Waals surface area contributed by atoms with Crippen LogP contribution in [0.25, 0.3) is 22.0 Å². The van der Waals surface area contributed by atoms with E-state index in [0.29, 0.717) is 35.1 Å². The molecule has 0 unspecified atom stereocenters. The van der Waals surface area contributed by atoms with Crippen molar-refractivity contribution in [1.29, 1.82) is 0 Å². The maximum absolute atomic E-state index is 14.7. The van der Waals surface area contributed by atoms with E-state index in [1.54, 1.807) is 38.3 Å². The zero-order valence-corrected chi connectivity index (χ0v) is 20.6. The molecule has 0 aliphatic heterocycles. The molecule has 7 nitrogen and oxygen atoms in total. The monoisotopic (exact) mass is 488 g/mol. The highest BCUT2D eigenvalue weighted by Crippen LogP contribution is 2.27. The first kappa shape index (κ1) is 25.7. The van der Waals surface area contributed by atoms with Gasteiger partial charge < -0.3 is 4.74 Å². The van der Waals surface area contributed by atoms with Gasteiger partial charge in [-0.2, -0.15) is 0 Å². The molecule has 0 saturated heterocycles. The molecule has 34 heavy (non-hydrogen) atoms. The Balaban J connectivity index is 1.91. The number of rotatable bonds is 10. The number of carbonyl (C=O) groups excluding carboxylic acids is 1. The van der Waals surface area contributed by atoms with Crippen LogP contribution in [0.3, 0.4) is 0 Å². The van der Waals surface area contributed by atoms with E-state index < -0.39 is 20.4 Å². The van der Waals surface area contributed by atoms with Crippen LogP contribution in [0.4, 0.5) is 4.39 Å². The molecular formula is C25H29FN2O5S. The normalized spacial score (nSPS) is 13.7. The predicted molar refractivity (Wildman–Crippen MR) is 130 cm³/mol. The Hall–Kier alpha value is -2.91. The molecule has 0 N–H and O–H groups in total. The number of carbonyl (C=O) groups is 1. The Morgan fingerprint density at radius 2 is 1.94 bits per heavy atom. The number of ether oxygens (including phenoxy) is 1. The first-order chi connectivity index (χ1) is 16.0. The molecule has 0 bridgehead atoms. The van der Waals surface area contributed by atoms with Crippen LogP contribution in [0.1, 0.15) is 32.3 Å². The highest BCUT2D eigenvalue weighted by molar-refractivity contribution is 7.92. The van der Waals surface area contributed by atoms with Crippen molar-refractivity contribution in [3.05, 3.63) is 64.5 Å². The number of aryl methyl sites for hydroxylation is 1. The minimum Gasteiger partial charge on any atom is -0.384 e. The van der Waals surface area contributed by atoms with E-state index in [0.717, 1.165) is 11.8 Å². The summed E-state index contributed by atoms with van der Waals surface area (Å²) in [5.74, 6) is -0.765. The molecule has 0 amide bonds. The smallest absolute Gasteiger partial charge is 0.261 e. The minimum absolute atomic E-state index is 0.0242. The van der Waals surface area contributed by atoms with Crippen molar-refractivity contribution >= 4 is 26.5 Å². The van der Waals surface area contributed by atoms with Crippen LogP contribution in [0.5, 0.6) is 0 Å². The Labute approximate surface area is 198 Å². The summed E-state index contributed by atoms with van der Waals surface area (Å²) in [6, 6.07) is 9.89. The topological polar surface area (TPSA) is 95.3 Å². The molecule has 1 aromatic heterocycles. The number of fused-ring (bicyclic) bond motifs is 1. The van der Waals surface area contributed by atoms with Gasteiger partial charge in [-0.1, -0.05) is 25.1 Å². The van der Waals surface area contributed by atoms with Crippen LogP contribution in [0, 0.1) is 5.82 Å². The molecule has 0 saturated carbocycles. The summed E-state index contributed by atoms with van der Waals surface area (Å²) >= 11 is 0. The lowest BCUT2D eigenvalue weighted by Gasteiger charge is -2.26. The summed E-state index contributed by atoms with van der Waals surface area (Å²) in [5.41, 5.74) is 1.86. The third-order valence-electron chi connectivity index (χ3n) is 6.32. The first-order valence-electron chi connectivity index (χ1n) is 11.0. The third-order valence-corrected chi connectivity index (χ3v) is 8.39. The third kappa shape index (κ3) is 5.10. The molecule has 0 aliphatic rings. The first-order valence-corrected chi connectivity index (χ1v) is 12.9. The largest absolute Gasteiger partial charge is 0.384 e. The number of benzene rings is 2. The number of hydrogen-bond acceptors (Lipinski definition) is 6. The second-order valence-corrected chi connectivity index (χ2v) is 11.0. The Morgan fingerprint density at radius 1 is 1.21 bits per heavy atom. The predicted octanol–water partition coefficient (Wildman–Crippen LogP) is 3.56. The van der Waals surface area contributed by atoms with Crippen LogP contribution >= 0.6 is 0 Å². The van der Waals surface area contributed by atoms with E-state index in [9.17, 15) is 22.4 Å². The van der Waals surface area contributed by atoms with Crippen LogP contribution in [0.15, 0.2) is 47.5 Å². The van der Waals surface area contributed by atoms with E-state index in [-0.39, 0.29) is 30.8 Å². The fourth-order valence-corrected chi connectivity index (χ4v) is 4.91. The molecule has 0 fully saturated rings. The van der Waals surface area contributed by atoms with Crippen molar-refractivity contribution in [2.45, 2.75) is 44.4 Å². The van der Waals surface area contributed by atoms with Gasteiger partial charge in [-0.05, 0) is 49.1 Å². The number of Topliss-reactive ketones (excluding diaryl/α,β-unsaturated/α-hetero) is 1. The number of hydrogen-bond donors (Lipinski definition) is 0. The van der Waals surface area contributed by atoms with Crippen LogP contribution in [0.2, 0.25) is 0 Å². The molecule has 0 radical (unpaired) electrons. The molecule has 0 spiro atoms.